The van der Waals surface area contributed by atoms with Gasteiger partial charge in [-0.25, -0.2) is 0 Å². The third kappa shape index (κ3) is 3.71. The number of nitrogens with two attached hydrogens (primary N) is 1. The second kappa shape index (κ2) is 5.87. The van der Waals surface area contributed by atoms with Gasteiger partial charge in [0.1, 0.15) is 0 Å². The van der Waals surface area contributed by atoms with Gasteiger partial charge in [-0.3, -0.25) is 0 Å². The molecule has 0 spiro atoms. The fourth-order valence-corrected chi connectivity index (χ4v) is 3.11. The van der Waals surface area contributed by atoms with Crippen molar-refractivity contribution in [2.24, 2.45) is 17.6 Å². The fraction of sp³-hybridized carbons (Fsp3) is 0.857. The highest BCUT2D eigenvalue weighted by Crippen LogP contribution is 2.31. The second-order valence-electron chi connectivity index (χ2n) is 5.90. The molecule has 0 unspecified atom stereocenters. The Hall–Kier alpha value is -0.540. The van der Waals surface area contributed by atoms with E-state index in [9.17, 15) is 0 Å². The van der Waals surface area contributed by atoms with Crippen LogP contribution in [-0.4, -0.2) is 49.6 Å². The summed E-state index contributed by atoms with van der Waals surface area (Å²) in [6.07, 6.45) is 5.20. The van der Waals surface area contributed by atoms with Crippen LogP contribution in [0.2, 0.25) is 0 Å². The lowest BCUT2D eigenvalue weighted by molar-refractivity contribution is 0.121. The molecule has 0 aromatic rings. The summed E-state index contributed by atoms with van der Waals surface area (Å²) in [5.41, 5.74) is 6.71. The zero-order chi connectivity index (χ0) is 12.3. The number of likely N-dealkylation sites (N-methyl/N-ethyl adjacent to an activating group) is 1. The van der Waals surface area contributed by atoms with E-state index in [0.29, 0.717) is 5.92 Å². The number of piperazine rings is 1. The number of hydrogen-bond acceptors (Lipinski definition) is 3. The van der Waals surface area contributed by atoms with Crippen LogP contribution in [0, 0.1) is 11.8 Å². The van der Waals surface area contributed by atoms with E-state index in [-0.39, 0.29) is 0 Å². The van der Waals surface area contributed by atoms with E-state index in [1.54, 1.807) is 0 Å². The Morgan fingerprint density at radius 3 is 2.24 bits per heavy atom. The summed E-state index contributed by atoms with van der Waals surface area (Å²) in [4.78, 5) is 5.06. The lowest BCUT2D eigenvalue weighted by Crippen LogP contribution is -2.46. The number of hydrogen-bond donors (Lipinski definition) is 1. The molecule has 2 fully saturated rings. The van der Waals surface area contributed by atoms with E-state index in [1.807, 2.05) is 0 Å². The van der Waals surface area contributed by atoms with Gasteiger partial charge in [-0.05, 0) is 44.6 Å². The maximum Gasteiger partial charge on any atom is 0.0110 e. The molecule has 0 radical (unpaired) electrons. The SMILES string of the molecule is C=C(N)C1CCC(CN2CCN(C)CC2)CC1. The van der Waals surface area contributed by atoms with E-state index < -0.39 is 0 Å². The summed E-state index contributed by atoms with van der Waals surface area (Å²) in [5, 5.41) is 0. The van der Waals surface area contributed by atoms with Crippen molar-refractivity contribution in [2.75, 3.05) is 39.8 Å². The van der Waals surface area contributed by atoms with Gasteiger partial charge >= 0.3 is 0 Å². The molecule has 0 aromatic heterocycles. The first kappa shape index (κ1) is 12.9. The van der Waals surface area contributed by atoms with Gasteiger partial charge in [0.2, 0.25) is 0 Å². The van der Waals surface area contributed by atoms with Gasteiger partial charge in [0.25, 0.3) is 0 Å². The molecular formula is C14H27N3. The number of rotatable bonds is 3. The third-order valence-electron chi connectivity index (χ3n) is 4.48. The molecule has 1 saturated carbocycles. The van der Waals surface area contributed by atoms with Gasteiger partial charge < -0.3 is 15.5 Å². The van der Waals surface area contributed by atoms with Crippen LogP contribution < -0.4 is 5.73 Å². The first-order chi connectivity index (χ1) is 8.15. The summed E-state index contributed by atoms with van der Waals surface area (Å²) in [7, 11) is 2.22. The standard InChI is InChI=1S/C14H27N3/c1-12(15)14-5-3-13(4-6-14)11-17-9-7-16(2)8-10-17/h13-14H,1,3-11,15H2,2H3. The number of nitrogens with zero attached hydrogens (tertiary/aromatic N) is 2. The van der Waals surface area contributed by atoms with E-state index in [4.69, 9.17) is 5.73 Å². The minimum atomic E-state index is 0.596. The van der Waals surface area contributed by atoms with Crippen LogP contribution >= 0.6 is 0 Å². The van der Waals surface area contributed by atoms with Crippen LogP contribution in [-0.2, 0) is 0 Å². The molecule has 98 valence electrons. The first-order valence-corrected chi connectivity index (χ1v) is 7.00. The first-order valence-electron chi connectivity index (χ1n) is 7.00. The van der Waals surface area contributed by atoms with Gasteiger partial charge in [0, 0.05) is 38.4 Å². The molecule has 2 N–H and O–H groups in total. The molecule has 3 heteroatoms. The molecule has 0 aromatic carbocycles. The van der Waals surface area contributed by atoms with Gasteiger partial charge in [-0.1, -0.05) is 6.58 Å². The normalized spacial score (nSPS) is 32.5. The zero-order valence-corrected chi connectivity index (χ0v) is 11.2. The minimum absolute atomic E-state index is 0.596. The smallest absolute Gasteiger partial charge is 0.0110 e. The number of allylic oxidation sites excluding steroid dienone is 1. The maximum absolute atomic E-state index is 5.80. The Balaban J connectivity index is 1.69. The molecule has 2 aliphatic rings. The quantitative estimate of drug-likeness (QED) is 0.807. The summed E-state index contributed by atoms with van der Waals surface area (Å²) in [6.45, 7) is 10.2. The van der Waals surface area contributed by atoms with Crippen LogP contribution in [0.4, 0.5) is 0 Å². The molecule has 1 heterocycles. The van der Waals surface area contributed by atoms with Crippen LogP contribution in [0.5, 0.6) is 0 Å². The summed E-state index contributed by atoms with van der Waals surface area (Å²) in [6, 6.07) is 0. The van der Waals surface area contributed by atoms with Crippen molar-refractivity contribution in [2.45, 2.75) is 25.7 Å². The van der Waals surface area contributed by atoms with E-state index in [2.05, 4.69) is 23.4 Å². The Kier molecular flexibility index (Phi) is 4.46. The van der Waals surface area contributed by atoms with Gasteiger partial charge in [-0.15, -0.1) is 0 Å². The second-order valence-corrected chi connectivity index (χ2v) is 5.90. The maximum atomic E-state index is 5.80. The van der Waals surface area contributed by atoms with Crippen LogP contribution in [0.3, 0.4) is 0 Å². The van der Waals surface area contributed by atoms with Crippen LogP contribution in [0.15, 0.2) is 12.3 Å². The predicted octanol–water partition coefficient (Wildman–Crippen LogP) is 1.51. The Labute approximate surface area is 106 Å². The highest BCUT2D eigenvalue weighted by atomic mass is 15.2. The minimum Gasteiger partial charge on any atom is -0.402 e. The summed E-state index contributed by atoms with van der Waals surface area (Å²) >= 11 is 0. The van der Waals surface area contributed by atoms with Crippen LogP contribution in [0.1, 0.15) is 25.7 Å². The zero-order valence-electron chi connectivity index (χ0n) is 11.2. The molecule has 1 aliphatic carbocycles. The van der Waals surface area contributed by atoms with Crippen molar-refractivity contribution in [3.8, 4) is 0 Å². The molecule has 0 atom stereocenters. The average Bonchev–Trinajstić information content (AvgIpc) is 2.33. The highest BCUT2D eigenvalue weighted by Gasteiger charge is 2.24. The molecular weight excluding hydrogens is 210 g/mol. The molecule has 2 rings (SSSR count). The molecule has 3 nitrogen and oxygen atoms in total. The highest BCUT2D eigenvalue weighted by molar-refractivity contribution is 4.96. The lowest BCUT2D eigenvalue weighted by atomic mass is 9.80. The average molecular weight is 237 g/mol. The summed E-state index contributed by atoms with van der Waals surface area (Å²) < 4.78 is 0. The third-order valence-corrected chi connectivity index (χ3v) is 4.48. The predicted molar refractivity (Wildman–Crippen MR) is 72.7 cm³/mol. The molecule has 1 aliphatic heterocycles. The van der Waals surface area contributed by atoms with Crippen molar-refractivity contribution < 1.29 is 0 Å². The topological polar surface area (TPSA) is 32.5 Å². The Morgan fingerprint density at radius 2 is 1.71 bits per heavy atom. The summed E-state index contributed by atoms with van der Waals surface area (Å²) in [5.74, 6) is 1.49. The van der Waals surface area contributed by atoms with E-state index >= 15 is 0 Å². The van der Waals surface area contributed by atoms with Gasteiger partial charge in [-0.2, -0.15) is 0 Å². The van der Waals surface area contributed by atoms with E-state index in [0.717, 1.165) is 11.6 Å². The van der Waals surface area contributed by atoms with Crippen molar-refractivity contribution in [1.82, 2.24) is 9.80 Å². The van der Waals surface area contributed by atoms with E-state index in [1.165, 1.54) is 58.4 Å². The lowest BCUT2D eigenvalue weighted by Gasteiger charge is -2.37. The monoisotopic (exact) mass is 237 g/mol. The fourth-order valence-electron chi connectivity index (χ4n) is 3.11. The van der Waals surface area contributed by atoms with Crippen molar-refractivity contribution in [1.29, 1.82) is 0 Å². The molecule has 0 bridgehead atoms. The van der Waals surface area contributed by atoms with Crippen LogP contribution in [0.25, 0.3) is 0 Å². The molecule has 1 saturated heterocycles. The molecule has 17 heavy (non-hydrogen) atoms. The Bertz CT molecular complexity index is 248. The van der Waals surface area contributed by atoms with Crippen molar-refractivity contribution >= 4 is 0 Å². The van der Waals surface area contributed by atoms with Gasteiger partial charge in [0.05, 0.1) is 0 Å². The van der Waals surface area contributed by atoms with Crippen molar-refractivity contribution in [3.63, 3.8) is 0 Å². The molecule has 0 amide bonds. The largest absolute Gasteiger partial charge is 0.402 e. The Morgan fingerprint density at radius 1 is 1.12 bits per heavy atom. The van der Waals surface area contributed by atoms with Gasteiger partial charge in [0.15, 0.2) is 0 Å². The van der Waals surface area contributed by atoms with Crippen molar-refractivity contribution in [3.05, 3.63) is 12.3 Å².